The van der Waals surface area contributed by atoms with Gasteiger partial charge in [0.1, 0.15) is 18.5 Å². The third-order valence-corrected chi connectivity index (χ3v) is 4.37. The Kier molecular flexibility index (Phi) is 9.27. The molecule has 2 atom stereocenters. The predicted octanol–water partition coefficient (Wildman–Crippen LogP) is 2.95. The molecule has 162 valence electrons. The number of hydrogen-bond donors (Lipinski definition) is 3. The van der Waals surface area contributed by atoms with Crippen molar-refractivity contribution in [3.05, 3.63) is 59.7 Å². The number of carbonyl (C=O) groups is 2. The number of nitrogens with one attached hydrogen (secondary N) is 1. The summed E-state index contributed by atoms with van der Waals surface area (Å²) in [6.45, 7) is 1.33. The van der Waals surface area contributed by atoms with Crippen LogP contribution in [0, 0.1) is 0 Å². The summed E-state index contributed by atoms with van der Waals surface area (Å²) >= 11 is 0. The third kappa shape index (κ3) is 6.84. The van der Waals surface area contributed by atoms with E-state index < -0.39 is 18.3 Å². The minimum absolute atomic E-state index is 0.0700. The van der Waals surface area contributed by atoms with E-state index in [-0.39, 0.29) is 32.0 Å². The first-order chi connectivity index (χ1) is 14.5. The first-order valence-corrected chi connectivity index (χ1v) is 9.54. The van der Waals surface area contributed by atoms with Gasteiger partial charge in [0, 0.05) is 31.4 Å². The number of rotatable bonds is 11. The Bertz CT molecular complexity index is 822. The molecular formula is C22H27NO7. The number of carbonyl (C=O) groups excluding carboxylic acids is 2. The van der Waals surface area contributed by atoms with Gasteiger partial charge in [0.15, 0.2) is 11.9 Å². The Labute approximate surface area is 175 Å². The molecule has 0 aromatic heterocycles. The Balaban J connectivity index is 2.18. The van der Waals surface area contributed by atoms with Crippen molar-refractivity contribution in [2.45, 2.75) is 25.6 Å². The Morgan fingerprint density at radius 3 is 2.40 bits per heavy atom. The first kappa shape index (κ1) is 23.3. The molecule has 8 heteroatoms. The van der Waals surface area contributed by atoms with Gasteiger partial charge in [0.05, 0.1) is 6.61 Å². The predicted molar refractivity (Wildman–Crippen MR) is 111 cm³/mol. The highest BCUT2D eigenvalue weighted by molar-refractivity contribution is 5.95. The van der Waals surface area contributed by atoms with E-state index in [1.165, 1.54) is 14.0 Å². The van der Waals surface area contributed by atoms with Crippen LogP contribution in [0.2, 0.25) is 0 Å². The molecule has 0 aliphatic rings. The van der Waals surface area contributed by atoms with Gasteiger partial charge in [-0.1, -0.05) is 12.1 Å². The maximum absolute atomic E-state index is 12.5. The van der Waals surface area contributed by atoms with Crippen LogP contribution in [-0.4, -0.2) is 55.1 Å². The van der Waals surface area contributed by atoms with E-state index in [1.807, 2.05) is 0 Å². The lowest BCUT2D eigenvalue weighted by molar-refractivity contribution is -0.0306. The van der Waals surface area contributed by atoms with Gasteiger partial charge in [-0.05, 0) is 48.9 Å². The average molecular weight is 417 g/mol. The van der Waals surface area contributed by atoms with Crippen LogP contribution in [-0.2, 0) is 9.47 Å². The maximum Gasteiger partial charge on any atom is 0.412 e. The zero-order chi connectivity index (χ0) is 21.9. The molecule has 0 spiro atoms. The Morgan fingerprint density at radius 1 is 1.07 bits per heavy atom. The number of ether oxygens (including phenoxy) is 3. The first-order valence-electron chi connectivity index (χ1n) is 9.54. The highest BCUT2D eigenvalue weighted by Crippen LogP contribution is 2.29. The minimum Gasteiger partial charge on any atom is -0.491 e. The summed E-state index contributed by atoms with van der Waals surface area (Å²) < 4.78 is 16.5. The quantitative estimate of drug-likeness (QED) is 0.482. The molecule has 2 rings (SSSR count). The van der Waals surface area contributed by atoms with Crippen molar-refractivity contribution in [3.8, 4) is 5.75 Å². The molecule has 0 saturated carbocycles. The molecule has 0 heterocycles. The molecule has 30 heavy (non-hydrogen) atoms. The van der Waals surface area contributed by atoms with E-state index in [9.17, 15) is 14.7 Å². The van der Waals surface area contributed by atoms with E-state index in [1.54, 1.807) is 48.5 Å². The van der Waals surface area contributed by atoms with E-state index in [0.717, 1.165) is 0 Å². The van der Waals surface area contributed by atoms with Gasteiger partial charge in [-0.3, -0.25) is 10.1 Å². The van der Waals surface area contributed by atoms with Gasteiger partial charge in [0.2, 0.25) is 0 Å². The standard InChI is InChI=1S/C22H27NO7/c1-15(26)16-6-8-18(9-7-16)23-22(27)30-21(20(28-2)10-11-24)17-4-3-5-19(14-17)29-13-12-25/h3-9,14,20-21,24-25H,10-13H2,1-2H3,(H,23,27)/t20-,21-/m0/s1. The normalized spacial score (nSPS) is 12.7. The van der Waals surface area contributed by atoms with Crippen molar-refractivity contribution in [2.75, 3.05) is 32.2 Å². The van der Waals surface area contributed by atoms with Crippen molar-refractivity contribution in [1.29, 1.82) is 0 Å². The largest absolute Gasteiger partial charge is 0.491 e. The average Bonchev–Trinajstić information content (AvgIpc) is 2.75. The summed E-state index contributed by atoms with van der Waals surface area (Å²) in [5, 5.41) is 20.9. The van der Waals surface area contributed by atoms with Crippen LogP contribution in [0.25, 0.3) is 0 Å². The number of amides is 1. The van der Waals surface area contributed by atoms with Crippen molar-refractivity contribution in [2.24, 2.45) is 0 Å². The molecule has 8 nitrogen and oxygen atoms in total. The van der Waals surface area contributed by atoms with E-state index in [4.69, 9.17) is 19.3 Å². The summed E-state index contributed by atoms with van der Waals surface area (Å²) in [5.41, 5.74) is 1.63. The molecule has 0 aliphatic carbocycles. The minimum atomic E-state index is -0.809. The van der Waals surface area contributed by atoms with Gasteiger partial charge in [-0.2, -0.15) is 0 Å². The molecule has 2 aromatic rings. The van der Waals surface area contributed by atoms with Gasteiger partial charge in [-0.25, -0.2) is 4.79 Å². The van der Waals surface area contributed by atoms with E-state index in [0.29, 0.717) is 22.6 Å². The van der Waals surface area contributed by atoms with Crippen LogP contribution in [0.4, 0.5) is 10.5 Å². The van der Waals surface area contributed by atoms with Gasteiger partial charge in [0.25, 0.3) is 0 Å². The van der Waals surface area contributed by atoms with Crippen molar-refractivity contribution < 1.29 is 34.0 Å². The van der Waals surface area contributed by atoms with Crippen LogP contribution in [0.1, 0.15) is 35.4 Å². The molecule has 0 unspecified atom stereocenters. The van der Waals surface area contributed by atoms with Crippen LogP contribution < -0.4 is 10.1 Å². The van der Waals surface area contributed by atoms with Crippen LogP contribution in [0.15, 0.2) is 48.5 Å². The fourth-order valence-corrected chi connectivity index (χ4v) is 2.87. The van der Waals surface area contributed by atoms with Gasteiger partial charge < -0.3 is 24.4 Å². The van der Waals surface area contributed by atoms with Crippen molar-refractivity contribution >= 4 is 17.6 Å². The number of aliphatic hydroxyl groups is 2. The summed E-state index contributed by atoms with van der Waals surface area (Å²) in [4.78, 5) is 23.9. The SMILES string of the molecule is CO[C@@H](CCO)[C@@H](OC(=O)Nc1ccc(C(C)=O)cc1)c1cccc(OCCO)c1. The van der Waals surface area contributed by atoms with Gasteiger partial charge >= 0.3 is 6.09 Å². The number of methoxy groups -OCH3 is 1. The second-order valence-corrected chi connectivity index (χ2v) is 6.52. The lowest BCUT2D eigenvalue weighted by Gasteiger charge is -2.26. The molecule has 0 fully saturated rings. The van der Waals surface area contributed by atoms with Crippen LogP contribution in [0.3, 0.4) is 0 Å². The van der Waals surface area contributed by atoms with Crippen LogP contribution >= 0.6 is 0 Å². The molecule has 0 radical (unpaired) electrons. The Hall–Kier alpha value is -2.94. The molecule has 3 N–H and O–H groups in total. The van der Waals surface area contributed by atoms with E-state index >= 15 is 0 Å². The zero-order valence-electron chi connectivity index (χ0n) is 17.0. The topological polar surface area (TPSA) is 114 Å². The monoisotopic (exact) mass is 417 g/mol. The zero-order valence-corrected chi connectivity index (χ0v) is 17.0. The van der Waals surface area contributed by atoms with Gasteiger partial charge in [-0.15, -0.1) is 0 Å². The summed E-state index contributed by atoms with van der Waals surface area (Å²) in [7, 11) is 1.47. The number of hydrogen-bond acceptors (Lipinski definition) is 7. The highest BCUT2D eigenvalue weighted by Gasteiger charge is 2.27. The summed E-state index contributed by atoms with van der Waals surface area (Å²) in [6, 6.07) is 13.4. The Morgan fingerprint density at radius 2 is 1.80 bits per heavy atom. The fourth-order valence-electron chi connectivity index (χ4n) is 2.87. The summed E-state index contributed by atoms with van der Waals surface area (Å²) in [5.74, 6) is 0.439. The van der Waals surface area contributed by atoms with Crippen molar-refractivity contribution in [3.63, 3.8) is 0 Å². The third-order valence-electron chi connectivity index (χ3n) is 4.37. The molecule has 1 amide bonds. The molecule has 0 bridgehead atoms. The number of anilines is 1. The second-order valence-electron chi connectivity index (χ2n) is 6.52. The molecule has 2 aromatic carbocycles. The lowest BCUT2D eigenvalue weighted by atomic mass is 10.0. The smallest absolute Gasteiger partial charge is 0.412 e. The highest BCUT2D eigenvalue weighted by atomic mass is 16.6. The second kappa shape index (κ2) is 11.9. The molecule has 0 aliphatic heterocycles. The molecular weight excluding hydrogens is 390 g/mol. The van der Waals surface area contributed by atoms with Crippen molar-refractivity contribution in [1.82, 2.24) is 0 Å². The summed E-state index contributed by atoms with van der Waals surface area (Å²) in [6.07, 6.45) is -1.86. The lowest BCUT2D eigenvalue weighted by Crippen LogP contribution is -2.29. The maximum atomic E-state index is 12.5. The number of Topliss-reactive ketones (excluding diaryl/α,β-unsaturated/α-hetero) is 1. The molecule has 0 saturated heterocycles. The number of aliphatic hydroxyl groups excluding tert-OH is 2. The number of ketones is 1. The number of benzene rings is 2. The van der Waals surface area contributed by atoms with Crippen LogP contribution in [0.5, 0.6) is 5.75 Å². The fraction of sp³-hybridized carbons (Fsp3) is 0.364. The van der Waals surface area contributed by atoms with E-state index in [2.05, 4.69) is 5.32 Å².